The van der Waals surface area contributed by atoms with Crippen LogP contribution in [0.1, 0.15) is 25.8 Å². The summed E-state index contributed by atoms with van der Waals surface area (Å²) in [5, 5.41) is 5.91. The Balaban J connectivity index is 2.59. The Morgan fingerprint density at radius 2 is 2.00 bits per heavy atom. The van der Waals surface area contributed by atoms with Crippen LogP contribution in [0.2, 0.25) is 5.02 Å². The summed E-state index contributed by atoms with van der Waals surface area (Å²) in [7, 11) is 1.50. The van der Waals surface area contributed by atoms with Crippen molar-refractivity contribution < 1.29 is 14.3 Å². The van der Waals surface area contributed by atoms with Crippen molar-refractivity contribution in [3.63, 3.8) is 0 Å². The number of anilines is 1. The fourth-order valence-corrected chi connectivity index (χ4v) is 1.81. The predicted octanol–water partition coefficient (Wildman–Crippen LogP) is 1.84. The van der Waals surface area contributed by atoms with Gasteiger partial charge in [0.05, 0.1) is 18.3 Å². The van der Waals surface area contributed by atoms with Crippen molar-refractivity contribution in [2.24, 2.45) is 5.73 Å². The molecule has 4 N–H and O–H groups in total. The van der Waals surface area contributed by atoms with E-state index in [2.05, 4.69) is 10.6 Å². The van der Waals surface area contributed by atoms with Crippen molar-refractivity contribution in [3.05, 3.63) is 22.7 Å². The molecule has 0 aromatic heterocycles. The third-order valence-electron chi connectivity index (χ3n) is 2.98. The van der Waals surface area contributed by atoms with Crippen LogP contribution in [0.4, 0.5) is 5.69 Å². The zero-order valence-corrected chi connectivity index (χ0v) is 14.0. The van der Waals surface area contributed by atoms with Gasteiger partial charge in [0.1, 0.15) is 5.75 Å². The van der Waals surface area contributed by atoms with Crippen molar-refractivity contribution in [1.29, 1.82) is 0 Å². The molecular weight excluding hydrogens is 306 g/mol. The lowest BCUT2D eigenvalue weighted by Gasteiger charge is -2.17. The van der Waals surface area contributed by atoms with Crippen molar-refractivity contribution in [3.8, 4) is 5.75 Å². The van der Waals surface area contributed by atoms with Gasteiger partial charge < -0.3 is 21.1 Å². The van der Waals surface area contributed by atoms with Crippen molar-refractivity contribution in [2.45, 2.75) is 32.7 Å². The van der Waals surface area contributed by atoms with E-state index in [4.69, 9.17) is 22.1 Å². The van der Waals surface area contributed by atoms with Gasteiger partial charge in [0.15, 0.2) is 0 Å². The van der Waals surface area contributed by atoms with Gasteiger partial charge in [-0.3, -0.25) is 9.59 Å². The highest BCUT2D eigenvalue weighted by Crippen LogP contribution is 2.30. The first-order chi connectivity index (χ1) is 10.1. The molecule has 22 heavy (non-hydrogen) atoms. The Labute approximate surface area is 135 Å². The number of carbonyl (C=O) groups is 2. The minimum absolute atomic E-state index is 0.132. The van der Waals surface area contributed by atoms with Crippen LogP contribution in [0.3, 0.4) is 0 Å². The van der Waals surface area contributed by atoms with Gasteiger partial charge in [0.2, 0.25) is 11.8 Å². The number of hydrogen-bond donors (Lipinski definition) is 3. The third kappa shape index (κ3) is 5.20. The summed E-state index contributed by atoms with van der Waals surface area (Å²) in [5.74, 6) is -0.0635. The molecule has 1 aromatic carbocycles. The number of hydrogen-bond acceptors (Lipinski definition) is 4. The second-order valence-electron chi connectivity index (χ2n) is 5.58. The smallest absolute Gasteiger partial charge is 0.239 e. The molecule has 0 bridgehead atoms. The summed E-state index contributed by atoms with van der Waals surface area (Å²) in [6, 6.07) is 3.38. The van der Waals surface area contributed by atoms with Gasteiger partial charge >= 0.3 is 0 Å². The second kappa shape index (κ2) is 7.47. The van der Waals surface area contributed by atoms with E-state index in [1.807, 2.05) is 6.92 Å². The normalized spacial score (nSPS) is 11.0. The highest BCUT2D eigenvalue weighted by molar-refractivity contribution is 6.31. The molecule has 0 spiro atoms. The van der Waals surface area contributed by atoms with Gasteiger partial charge in [-0.2, -0.15) is 0 Å². The van der Waals surface area contributed by atoms with E-state index in [1.54, 1.807) is 26.0 Å². The van der Waals surface area contributed by atoms with Crippen LogP contribution < -0.4 is 21.1 Å². The number of carbonyl (C=O) groups excluding carboxylic acids is 2. The van der Waals surface area contributed by atoms with Gasteiger partial charge in [0.25, 0.3) is 0 Å². The average molecular weight is 328 g/mol. The molecule has 0 atom stereocenters. The summed E-state index contributed by atoms with van der Waals surface area (Å²) >= 11 is 6.01. The Bertz CT molecular complexity index is 568. The lowest BCUT2D eigenvalue weighted by atomic mass is 10.1. The van der Waals surface area contributed by atoms with Gasteiger partial charge in [-0.15, -0.1) is 0 Å². The molecule has 2 amide bonds. The number of nitrogens with one attached hydrogen (secondary N) is 2. The van der Waals surface area contributed by atoms with Gasteiger partial charge in [-0.05, 0) is 32.4 Å². The molecule has 0 heterocycles. The zero-order valence-electron chi connectivity index (χ0n) is 13.2. The zero-order chi connectivity index (χ0) is 16.9. The largest absolute Gasteiger partial charge is 0.495 e. The van der Waals surface area contributed by atoms with Crippen LogP contribution in [0, 0.1) is 6.92 Å². The number of methoxy groups -OCH3 is 1. The van der Waals surface area contributed by atoms with E-state index >= 15 is 0 Å². The maximum absolute atomic E-state index is 11.9. The molecule has 6 nitrogen and oxygen atoms in total. The Hall–Kier alpha value is -1.79. The van der Waals surface area contributed by atoms with E-state index in [0.717, 1.165) is 5.56 Å². The maximum Gasteiger partial charge on any atom is 0.239 e. The minimum Gasteiger partial charge on any atom is -0.495 e. The number of ether oxygens (including phenoxy) is 1. The molecule has 0 aliphatic heterocycles. The Morgan fingerprint density at radius 1 is 1.36 bits per heavy atom. The summed E-state index contributed by atoms with van der Waals surface area (Å²) in [5.41, 5.74) is 6.05. The number of amides is 2. The molecule has 1 aromatic rings. The molecule has 1 rings (SSSR count). The highest BCUT2D eigenvalue weighted by Gasteiger charge is 2.21. The molecule has 0 saturated heterocycles. The van der Waals surface area contributed by atoms with Gasteiger partial charge in [-0.1, -0.05) is 11.6 Å². The molecule has 0 aliphatic carbocycles. The first-order valence-corrected chi connectivity index (χ1v) is 7.24. The summed E-state index contributed by atoms with van der Waals surface area (Å²) in [6.45, 7) is 5.24. The first kappa shape index (κ1) is 18.3. The topological polar surface area (TPSA) is 93.5 Å². The second-order valence-corrected chi connectivity index (χ2v) is 5.98. The summed E-state index contributed by atoms with van der Waals surface area (Å²) < 4.78 is 5.18. The predicted molar refractivity (Wildman–Crippen MR) is 87.3 cm³/mol. The van der Waals surface area contributed by atoms with Crippen LogP contribution in [-0.4, -0.2) is 31.0 Å². The quantitative estimate of drug-likeness (QED) is 0.743. The SMILES string of the molecule is COc1cc(Cl)c(C)cc1NC(=O)CCNC(=O)C(C)(C)N. The average Bonchev–Trinajstić information content (AvgIpc) is 2.41. The third-order valence-corrected chi connectivity index (χ3v) is 3.38. The minimum atomic E-state index is -0.965. The molecule has 7 heteroatoms. The standard InChI is InChI=1S/C15H22ClN3O3/c1-9-7-11(12(22-4)8-10(9)16)19-13(20)5-6-18-14(21)15(2,3)17/h7-8H,5-6,17H2,1-4H3,(H,18,21)(H,19,20). The van der Waals surface area contributed by atoms with Crippen LogP contribution in [0.15, 0.2) is 12.1 Å². The Morgan fingerprint density at radius 3 is 2.55 bits per heavy atom. The number of halogens is 1. The molecular formula is C15H22ClN3O3. The molecule has 0 radical (unpaired) electrons. The Kier molecular flexibility index (Phi) is 6.20. The van der Waals surface area contributed by atoms with Crippen LogP contribution in [0.5, 0.6) is 5.75 Å². The van der Waals surface area contributed by atoms with Crippen molar-refractivity contribution in [2.75, 3.05) is 19.0 Å². The highest BCUT2D eigenvalue weighted by atomic mass is 35.5. The summed E-state index contributed by atoms with van der Waals surface area (Å²) in [6.07, 6.45) is 0.132. The number of rotatable bonds is 6. The van der Waals surface area contributed by atoms with E-state index in [0.29, 0.717) is 16.5 Å². The maximum atomic E-state index is 11.9. The van der Waals surface area contributed by atoms with Crippen LogP contribution >= 0.6 is 11.6 Å². The fraction of sp³-hybridized carbons (Fsp3) is 0.467. The molecule has 0 fully saturated rings. The molecule has 0 saturated carbocycles. The first-order valence-electron chi connectivity index (χ1n) is 6.86. The van der Waals surface area contributed by atoms with Gasteiger partial charge in [0, 0.05) is 24.1 Å². The van der Waals surface area contributed by atoms with Gasteiger partial charge in [-0.25, -0.2) is 0 Å². The lowest BCUT2D eigenvalue weighted by molar-refractivity contribution is -0.125. The molecule has 0 aliphatic rings. The van der Waals surface area contributed by atoms with Crippen LogP contribution in [0.25, 0.3) is 0 Å². The number of nitrogens with two attached hydrogens (primary N) is 1. The van der Waals surface area contributed by atoms with E-state index < -0.39 is 5.54 Å². The number of benzene rings is 1. The molecule has 0 unspecified atom stereocenters. The lowest BCUT2D eigenvalue weighted by Crippen LogP contribution is -2.49. The van der Waals surface area contributed by atoms with Crippen LogP contribution in [-0.2, 0) is 9.59 Å². The van der Waals surface area contributed by atoms with E-state index in [9.17, 15) is 9.59 Å². The monoisotopic (exact) mass is 327 g/mol. The van der Waals surface area contributed by atoms with Crippen molar-refractivity contribution >= 4 is 29.1 Å². The van der Waals surface area contributed by atoms with E-state index in [1.165, 1.54) is 7.11 Å². The molecule has 122 valence electrons. The van der Waals surface area contributed by atoms with Crippen molar-refractivity contribution in [1.82, 2.24) is 5.32 Å². The summed E-state index contributed by atoms with van der Waals surface area (Å²) in [4.78, 5) is 23.5. The fourth-order valence-electron chi connectivity index (χ4n) is 1.66. The number of aryl methyl sites for hydroxylation is 1. The van der Waals surface area contributed by atoms with E-state index in [-0.39, 0.29) is 24.8 Å².